The number of fused-ring (bicyclic) bond motifs is 1. The van der Waals surface area contributed by atoms with E-state index in [0.717, 1.165) is 18.1 Å². The van der Waals surface area contributed by atoms with Gasteiger partial charge in [-0.3, -0.25) is 0 Å². The summed E-state index contributed by atoms with van der Waals surface area (Å²) in [7, 11) is 0. The lowest BCUT2D eigenvalue weighted by atomic mass is 10.1. The molecule has 0 fully saturated rings. The fourth-order valence-electron chi connectivity index (χ4n) is 2.05. The molecular weight excluding hydrogens is 256 g/mol. The van der Waals surface area contributed by atoms with Crippen molar-refractivity contribution in [3.63, 3.8) is 0 Å². The summed E-state index contributed by atoms with van der Waals surface area (Å²) >= 11 is 1.38. The van der Waals surface area contributed by atoms with Gasteiger partial charge in [0, 0.05) is 23.6 Å². The molecule has 0 saturated heterocycles. The summed E-state index contributed by atoms with van der Waals surface area (Å²) in [6.45, 7) is 0.806. The largest absolute Gasteiger partial charge is 0.361 e. The molecule has 2 heterocycles. The summed E-state index contributed by atoms with van der Waals surface area (Å²) in [5.41, 5.74) is 2.46. The summed E-state index contributed by atoms with van der Waals surface area (Å²) in [5.74, 6) is 0. The van der Waals surface area contributed by atoms with E-state index in [1.807, 2.05) is 12.1 Å². The Bertz CT molecular complexity index is 735. The zero-order chi connectivity index (χ0) is 13.1. The van der Waals surface area contributed by atoms with Crippen molar-refractivity contribution in [1.82, 2.24) is 9.97 Å². The van der Waals surface area contributed by atoms with Crippen LogP contribution in [0, 0.1) is 11.3 Å². The van der Waals surface area contributed by atoms with Gasteiger partial charge in [0.15, 0.2) is 5.13 Å². The highest BCUT2D eigenvalue weighted by Gasteiger charge is 2.04. The minimum absolute atomic E-state index is 0.634. The summed E-state index contributed by atoms with van der Waals surface area (Å²) in [5, 5.41) is 14.0. The minimum Gasteiger partial charge on any atom is -0.361 e. The normalized spacial score (nSPS) is 10.5. The first-order valence-corrected chi connectivity index (χ1v) is 6.83. The van der Waals surface area contributed by atoms with Crippen LogP contribution in [0.15, 0.2) is 36.7 Å². The van der Waals surface area contributed by atoms with E-state index in [2.05, 4.69) is 39.7 Å². The Morgan fingerprint density at radius 3 is 3.11 bits per heavy atom. The number of nitriles is 1. The van der Waals surface area contributed by atoms with Crippen LogP contribution >= 0.6 is 11.3 Å². The molecule has 4 nitrogen and oxygen atoms in total. The highest BCUT2D eigenvalue weighted by molar-refractivity contribution is 7.16. The third-order valence-electron chi connectivity index (χ3n) is 2.96. The molecule has 2 aromatic heterocycles. The lowest BCUT2D eigenvalue weighted by molar-refractivity contribution is 1.02. The fourth-order valence-corrected chi connectivity index (χ4v) is 2.69. The quantitative estimate of drug-likeness (QED) is 0.764. The Kier molecular flexibility index (Phi) is 3.17. The van der Waals surface area contributed by atoms with Crippen LogP contribution in [0.25, 0.3) is 10.9 Å². The molecule has 0 amide bonds. The number of para-hydroxylation sites is 1. The van der Waals surface area contributed by atoms with Crippen LogP contribution in [0.1, 0.15) is 10.4 Å². The number of nitrogens with zero attached hydrogens (tertiary/aromatic N) is 2. The Labute approximate surface area is 114 Å². The van der Waals surface area contributed by atoms with Gasteiger partial charge in [-0.25, -0.2) is 4.98 Å². The summed E-state index contributed by atoms with van der Waals surface area (Å²) in [6.07, 6.45) is 4.57. The molecule has 1 aromatic carbocycles. The molecule has 0 bridgehead atoms. The molecule has 5 heteroatoms. The Balaban J connectivity index is 1.65. The molecule has 0 saturated carbocycles. The number of aromatic nitrogens is 2. The first-order chi connectivity index (χ1) is 9.36. The van der Waals surface area contributed by atoms with Crippen LogP contribution in [0.4, 0.5) is 5.13 Å². The van der Waals surface area contributed by atoms with Crippen LogP contribution in [-0.2, 0) is 6.42 Å². The van der Waals surface area contributed by atoms with Gasteiger partial charge in [0.25, 0.3) is 0 Å². The topological polar surface area (TPSA) is 64.5 Å². The first-order valence-electron chi connectivity index (χ1n) is 6.01. The van der Waals surface area contributed by atoms with Crippen molar-refractivity contribution in [3.8, 4) is 6.07 Å². The predicted octanol–water partition coefficient (Wildman–Crippen LogP) is 3.15. The van der Waals surface area contributed by atoms with E-state index in [0.29, 0.717) is 4.88 Å². The Hall–Kier alpha value is -2.32. The van der Waals surface area contributed by atoms with Gasteiger partial charge in [-0.1, -0.05) is 29.5 Å². The maximum Gasteiger partial charge on any atom is 0.183 e. The van der Waals surface area contributed by atoms with Crippen LogP contribution in [0.2, 0.25) is 0 Å². The van der Waals surface area contributed by atoms with Crippen LogP contribution in [-0.4, -0.2) is 16.5 Å². The molecule has 0 aliphatic rings. The van der Waals surface area contributed by atoms with Crippen molar-refractivity contribution >= 4 is 27.4 Å². The minimum atomic E-state index is 0.634. The standard InChI is InChI=1S/C14H12N4S/c15-7-11-9-18-14(19-11)16-6-5-10-8-17-13-4-2-1-3-12(10)13/h1-4,8-9,17H,5-6H2,(H,16,18). The number of nitrogens with one attached hydrogen (secondary N) is 2. The lowest BCUT2D eigenvalue weighted by Gasteiger charge is -2.01. The van der Waals surface area contributed by atoms with E-state index in [9.17, 15) is 0 Å². The molecule has 0 radical (unpaired) electrons. The van der Waals surface area contributed by atoms with Crippen molar-refractivity contribution in [2.75, 3.05) is 11.9 Å². The van der Waals surface area contributed by atoms with Crippen LogP contribution in [0.5, 0.6) is 0 Å². The van der Waals surface area contributed by atoms with Crippen LogP contribution in [0.3, 0.4) is 0 Å². The monoisotopic (exact) mass is 268 g/mol. The maximum absolute atomic E-state index is 8.73. The maximum atomic E-state index is 8.73. The number of benzene rings is 1. The van der Waals surface area contributed by atoms with Gasteiger partial charge in [0.05, 0.1) is 6.20 Å². The van der Waals surface area contributed by atoms with Crippen molar-refractivity contribution in [3.05, 3.63) is 47.1 Å². The second-order valence-electron chi connectivity index (χ2n) is 4.18. The van der Waals surface area contributed by atoms with E-state index in [1.54, 1.807) is 6.20 Å². The van der Waals surface area contributed by atoms with E-state index < -0.39 is 0 Å². The van der Waals surface area contributed by atoms with E-state index in [1.165, 1.54) is 27.8 Å². The molecule has 94 valence electrons. The summed E-state index contributed by atoms with van der Waals surface area (Å²) in [4.78, 5) is 8.05. The summed E-state index contributed by atoms with van der Waals surface area (Å²) in [6, 6.07) is 10.4. The van der Waals surface area contributed by atoms with E-state index in [-0.39, 0.29) is 0 Å². The molecule has 0 atom stereocenters. The number of anilines is 1. The van der Waals surface area contributed by atoms with Gasteiger partial charge in [0.2, 0.25) is 0 Å². The smallest absolute Gasteiger partial charge is 0.183 e. The highest BCUT2D eigenvalue weighted by atomic mass is 32.1. The average molecular weight is 268 g/mol. The number of H-pyrrole nitrogens is 1. The molecule has 0 unspecified atom stereocenters. The van der Waals surface area contributed by atoms with Crippen molar-refractivity contribution in [2.24, 2.45) is 0 Å². The van der Waals surface area contributed by atoms with Crippen molar-refractivity contribution < 1.29 is 0 Å². The molecule has 2 N–H and O–H groups in total. The SMILES string of the molecule is N#Cc1cnc(NCCc2c[nH]c3ccccc23)s1. The van der Waals surface area contributed by atoms with Crippen molar-refractivity contribution in [1.29, 1.82) is 5.26 Å². The van der Waals surface area contributed by atoms with Gasteiger partial charge in [0.1, 0.15) is 10.9 Å². The molecular formula is C14H12N4S. The Morgan fingerprint density at radius 2 is 2.26 bits per heavy atom. The number of rotatable bonds is 4. The molecule has 3 rings (SSSR count). The lowest BCUT2D eigenvalue weighted by Crippen LogP contribution is -2.03. The van der Waals surface area contributed by atoms with Crippen molar-refractivity contribution in [2.45, 2.75) is 6.42 Å². The third-order valence-corrected chi connectivity index (χ3v) is 3.82. The zero-order valence-corrected chi connectivity index (χ0v) is 11.0. The molecule has 0 aliphatic heterocycles. The number of hydrogen-bond acceptors (Lipinski definition) is 4. The van der Waals surface area contributed by atoms with Gasteiger partial charge >= 0.3 is 0 Å². The first kappa shape index (κ1) is 11.8. The second kappa shape index (κ2) is 5.12. The Morgan fingerprint density at radius 1 is 1.37 bits per heavy atom. The predicted molar refractivity (Wildman–Crippen MR) is 77.3 cm³/mol. The fraction of sp³-hybridized carbons (Fsp3) is 0.143. The molecule has 0 spiro atoms. The third kappa shape index (κ3) is 2.44. The molecule has 3 aromatic rings. The zero-order valence-electron chi connectivity index (χ0n) is 10.2. The average Bonchev–Trinajstić information content (AvgIpc) is 3.06. The van der Waals surface area contributed by atoms with Gasteiger partial charge in [-0.15, -0.1) is 0 Å². The second-order valence-corrected chi connectivity index (χ2v) is 5.21. The number of thiazole rings is 1. The number of aromatic amines is 1. The van der Waals surface area contributed by atoms with E-state index in [4.69, 9.17) is 5.26 Å². The molecule has 19 heavy (non-hydrogen) atoms. The van der Waals surface area contributed by atoms with Gasteiger partial charge < -0.3 is 10.3 Å². The number of hydrogen-bond donors (Lipinski definition) is 2. The highest BCUT2D eigenvalue weighted by Crippen LogP contribution is 2.19. The van der Waals surface area contributed by atoms with Crippen LogP contribution < -0.4 is 5.32 Å². The van der Waals surface area contributed by atoms with E-state index >= 15 is 0 Å². The summed E-state index contributed by atoms with van der Waals surface area (Å²) < 4.78 is 0. The molecule has 0 aliphatic carbocycles. The van der Waals surface area contributed by atoms with Gasteiger partial charge in [-0.05, 0) is 18.1 Å². The van der Waals surface area contributed by atoms with Gasteiger partial charge in [-0.2, -0.15) is 5.26 Å².